The average molecular weight is 312 g/mol. The van der Waals surface area contributed by atoms with E-state index in [1.807, 2.05) is 6.26 Å². The van der Waals surface area contributed by atoms with Crippen LogP contribution in [0, 0.1) is 0 Å². The van der Waals surface area contributed by atoms with Crippen molar-refractivity contribution in [3.05, 3.63) is 35.5 Å². The van der Waals surface area contributed by atoms with Gasteiger partial charge in [-0.2, -0.15) is 5.10 Å². The Morgan fingerprint density at radius 3 is 3.05 bits per heavy atom. The van der Waals surface area contributed by atoms with Gasteiger partial charge in [0.15, 0.2) is 6.10 Å². The molecule has 0 aliphatic rings. The molecule has 0 radical (unpaired) electrons. The highest BCUT2D eigenvalue weighted by atomic mass is 35.5. The van der Waals surface area contributed by atoms with Crippen molar-refractivity contribution in [2.24, 2.45) is 0 Å². The van der Waals surface area contributed by atoms with Crippen molar-refractivity contribution < 1.29 is 9.53 Å². The summed E-state index contributed by atoms with van der Waals surface area (Å²) in [4.78, 5) is 12.9. The normalized spacial score (nSPS) is 11.9. The van der Waals surface area contributed by atoms with E-state index in [2.05, 4.69) is 15.5 Å². The number of halogens is 1. The molecule has 1 atom stereocenters. The molecule has 2 aromatic rings. The fourth-order valence-corrected chi connectivity index (χ4v) is 2.18. The van der Waals surface area contributed by atoms with Crippen LogP contribution in [-0.2, 0) is 4.79 Å². The lowest BCUT2D eigenvalue weighted by Gasteiger charge is -2.14. The Morgan fingerprint density at radius 1 is 1.55 bits per heavy atom. The van der Waals surface area contributed by atoms with Crippen LogP contribution >= 0.6 is 23.4 Å². The summed E-state index contributed by atoms with van der Waals surface area (Å²) in [6.45, 7) is 1.67. The Bertz CT molecular complexity index is 603. The molecule has 5 nitrogen and oxygen atoms in total. The summed E-state index contributed by atoms with van der Waals surface area (Å²) in [5, 5.41) is 9.92. The minimum Gasteiger partial charge on any atom is -0.481 e. The number of hydrogen-bond donors (Lipinski definition) is 2. The van der Waals surface area contributed by atoms with E-state index >= 15 is 0 Å². The molecule has 2 rings (SSSR count). The number of thioether (sulfide) groups is 1. The van der Waals surface area contributed by atoms with Crippen molar-refractivity contribution in [1.29, 1.82) is 0 Å². The number of carbonyl (C=O) groups is 1. The minimum atomic E-state index is -0.647. The number of ether oxygens (including phenoxy) is 1. The molecular formula is C13H14ClN3O2S. The lowest BCUT2D eigenvalue weighted by molar-refractivity contribution is -0.122. The van der Waals surface area contributed by atoms with Gasteiger partial charge in [-0.3, -0.25) is 9.89 Å². The van der Waals surface area contributed by atoms with E-state index in [1.54, 1.807) is 37.4 Å². The molecule has 1 aromatic carbocycles. The number of amides is 1. The second-order valence-corrected chi connectivity index (χ2v) is 5.30. The number of benzene rings is 1. The number of H-pyrrole nitrogens is 1. The van der Waals surface area contributed by atoms with E-state index in [1.165, 1.54) is 11.8 Å². The summed E-state index contributed by atoms with van der Waals surface area (Å²) in [6, 6.07) is 6.92. The van der Waals surface area contributed by atoms with Gasteiger partial charge in [-0.1, -0.05) is 17.7 Å². The van der Waals surface area contributed by atoms with Gasteiger partial charge in [-0.05, 0) is 31.4 Å². The number of nitrogens with zero attached hydrogens (tertiary/aromatic N) is 1. The SMILES string of the molecule is CSc1cn[nH]c1NC(=O)[C@H](C)Oc1cccc(Cl)c1. The van der Waals surface area contributed by atoms with Crippen LogP contribution in [0.2, 0.25) is 5.02 Å². The largest absolute Gasteiger partial charge is 0.481 e. The first kappa shape index (κ1) is 14.7. The van der Waals surface area contributed by atoms with Gasteiger partial charge in [0.1, 0.15) is 11.6 Å². The van der Waals surface area contributed by atoms with E-state index in [4.69, 9.17) is 16.3 Å². The maximum absolute atomic E-state index is 12.0. The first-order valence-electron chi connectivity index (χ1n) is 5.90. The fourth-order valence-electron chi connectivity index (χ4n) is 1.54. The van der Waals surface area contributed by atoms with Crippen molar-refractivity contribution in [1.82, 2.24) is 10.2 Å². The zero-order valence-electron chi connectivity index (χ0n) is 11.0. The monoisotopic (exact) mass is 311 g/mol. The number of anilines is 1. The molecule has 1 amide bonds. The maximum Gasteiger partial charge on any atom is 0.266 e. The van der Waals surface area contributed by atoms with Gasteiger partial charge in [0, 0.05) is 5.02 Å². The van der Waals surface area contributed by atoms with E-state index in [0.717, 1.165) is 4.90 Å². The number of rotatable bonds is 5. The summed E-state index contributed by atoms with van der Waals surface area (Å²) in [6.07, 6.45) is 2.92. The molecule has 0 unspecified atom stereocenters. The highest BCUT2D eigenvalue weighted by Crippen LogP contribution is 2.23. The lowest BCUT2D eigenvalue weighted by atomic mass is 10.3. The van der Waals surface area contributed by atoms with Gasteiger partial charge in [-0.15, -0.1) is 11.8 Å². The van der Waals surface area contributed by atoms with Crippen LogP contribution in [0.5, 0.6) is 5.75 Å². The molecule has 1 heterocycles. The zero-order valence-corrected chi connectivity index (χ0v) is 12.6. The molecule has 0 aliphatic heterocycles. The maximum atomic E-state index is 12.0. The van der Waals surface area contributed by atoms with Crippen LogP contribution in [0.3, 0.4) is 0 Å². The van der Waals surface area contributed by atoms with Crippen LogP contribution in [-0.4, -0.2) is 28.5 Å². The van der Waals surface area contributed by atoms with Crippen LogP contribution in [0.15, 0.2) is 35.4 Å². The van der Waals surface area contributed by atoms with Crippen LogP contribution in [0.1, 0.15) is 6.92 Å². The number of nitrogens with one attached hydrogen (secondary N) is 2. The highest BCUT2D eigenvalue weighted by Gasteiger charge is 2.17. The predicted octanol–water partition coefficient (Wildman–Crippen LogP) is 3.19. The first-order chi connectivity index (χ1) is 9.60. The molecule has 7 heteroatoms. The molecule has 2 N–H and O–H groups in total. The van der Waals surface area contributed by atoms with Crippen LogP contribution < -0.4 is 10.1 Å². The molecule has 0 saturated carbocycles. The van der Waals surface area contributed by atoms with Crippen LogP contribution in [0.4, 0.5) is 5.82 Å². The quantitative estimate of drug-likeness (QED) is 0.832. The molecular weight excluding hydrogens is 298 g/mol. The van der Waals surface area contributed by atoms with E-state index < -0.39 is 6.10 Å². The van der Waals surface area contributed by atoms with Gasteiger partial charge in [-0.25, -0.2) is 0 Å². The fraction of sp³-hybridized carbons (Fsp3) is 0.231. The molecule has 0 bridgehead atoms. The third-order valence-corrected chi connectivity index (χ3v) is 3.54. The summed E-state index contributed by atoms with van der Waals surface area (Å²) >= 11 is 7.36. The molecule has 20 heavy (non-hydrogen) atoms. The van der Waals surface area contributed by atoms with E-state index in [9.17, 15) is 4.79 Å². The lowest BCUT2D eigenvalue weighted by Crippen LogP contribution is -2.30. The molecule has 0 aliphatic carbocycles. The molecule has 1 aromatic heterocycles. The minimum absolute atomic E-state index is 0.260. The third-order valence-electron chi connectivity index (χ3n) is 2.55. The van der Waals surface area contributed by atoms with Gasteiger partial charge in [0.2, 0.25) is 0 Å². The first-order valence-corrected chi connectivity index (χ1v) is 7.51. The average Bonchev–Trinajstić information content (AvgIpc) is 2.85. The van der Waals surface area contributed by atoms with Crippen molar-refractivity contribution in [3.63, 3.8) is 0 Å². The third kappa shape index (κ3) is 3.68. The van der Waals surface area contributed by atoms with Crippen molar-refractivity contribution in [2.75, 3.05) is 11.6 Å². The Hall–Kier alpha value is -1.66. The summed E-state index contributed by atoms with van der Waals surface area (Å²) < 4.78 is 5.54. The van der Waals surface area contributed by atoms with Gasteiger partial charge in [0.05, 0.1) is 11.1 Å². The van der Waals surface area contributed by atoms with E-state index in [0.29, 0.717) is 16.6 Å². The topological polar surface area (TPSA) is 67.0 Å². The Morgan fingerprint density at radius 2 is 2.35 bits per heavy atom. The molecule has 0 saturated heterocycles. The number of carbonyl (C=O) groups excluding carboxylic acids is 1. The van der Waals surface area contributed by atoms with Gasteiger partial charge >= 0.3 is 0 Å². The number of hydrogen-bond acceptors (Lipinski definition) is 4. The molecule has 0 spiro atoms. The summed E-state index contributed by atoms with van der Waals surface area (Å²) in [5.41, 5.74) is 0. The summed E-state index contributed by atoms with van der Waals surface area (Å²) in [5.74, 6) is 0.864. The second kappa shape index (κ2) is 6.67. The standard InChI is InChI=1S/C13H14ClN3O2S/c1-8(19-10-5-3-4-9(14)6-10)13(18)16-12-11(20-2)7-15-17-12/h3-8H,1-2H3,(H2,15,16,17,18)/t8-/m0/s1. The van der Waals surface area contributed by atoms with Crippen molar-refractivity contribution >= 4 is 35.1 Å². The Balaban J connectivity index is 1.99. The van der Waals surface area contributed by atoms with Crippen molar-refractivity contribution in [3.8, 4) is 5.75 Å². The van der Waals surface area contributed by atoms with E-state index in [-0.39, 0.29) is 5.91 Å². The molecule has 106 valence electrons. The number of aromatic amines is 1. The Kier molecular flexibility index (Phi) is 4.92. The number of aromatic nitrogens is 2. The zero-order chi connectivity index (χ0) is 14.5. The molecule has 0 fully saturated rings. The predicted molar refractivity (Wildman–Crippen MR) is 80.5 cm³/mol. The van der Waals surface area contributed by atoms with Gasteiger partial charge < -0.3 is 10.1 Å². The Labute approximate surface area is 126 Å². The smallest absolute Gasteiger partial charge is 0.266 e. The highest BCUT2D eigenvalue weighted by molar-refractivity contribution is 7.98. The van der Waals surface area contributed by atoms with Crippen molar-refractivity contribution in [2.45, 2.75) is 17.9 Å². The van der Waals surface area contributed by atoms with Gasteiger partial charge in [0.25, 0.3) is 5.91 Å². The second-order valence-electron chi connectivity index (χ2n) is 4.02. The summed E-state index contributed by atoms with van der Waals surface area (Å²) in [7, 11) is 0. The van der Waals surface area contributed by atoms with Crippen LogP contribution in [0.25, 0.3) is 0 Å².